The molecule has 0 aliphatic heterocycles. The van der Waals surface area contributed by atoms with Crippen LogP contribution in [0.15, 0.2) is 36.5 Å². The van der Waals surface area contributed by atoms with E-state index in [0.717, 1.165) is 5.56 Å². The van der Waals surface area contributed by atoms with Gasteiger partial charge in [-0.15, -0.1) is 0 Å². The summed E-state index contributed by atoms with van der Waals surface area (Å²) in [6.07, 6.45) is 1.49. The topological polar surface area (TPSA) is 86.1 Å². The lowest BCUT2D eigenvalue weighted by molar-refractivity contribution is -0.116. The summed E-state index contributed by atoms with van der Waals surface area (Å²) in [5.74, 6) is 0.724. The van der Waals surface area contributed by atoms with Crippen molar-refractivity contribution in [2.24, 2.45) is 0 Å². The lowest BCUT2D eigenvalue weighted by Crippen LogP contribution is -2.17. The lowest BCUT2D eigenvalue weighted by atomic mass is 10.0. The summed E-state index contributed by atoms with van der Waals surface area (Å²) in [6, 6.07) is 8.60. The number of rotatable bonds is 7. The van der Waals surface area contributed by atoms with Gasteiger partial charge in [-0.1, -0.05) is 34.8 Å². The van der Waals surface area contributed by atoms with Crippen molar-refractivity contribution in [2.45, 2.75) is 26.7 Å². The number of carbonyl (C=O) groups excluding carboxylic acids is 2. The normalized spacial score (nSPS) is 10.7. The quantitative estimate of drug-likeness (QED) is 0.526. The fourth-order valence-corrected chi connectivity index (χ4v) is 3.38. The molecule has 2 aromatic heterocycles. The number of ketones is 1. The zero-order chi connectivity index (χ0) is 21.8. The number of aryl methyl sites for hydroxylation is 2. The molecule has 0 aliphatic carbocycles. The van der Waals surface area contributed by atoms with Gasteiger partial charge in [-0.05, 0) is 32.0 Å². The first kappa shape index (κ1) is 21.8. The van der Waals surface area contributed by atoms with Crippen LogP contribution in [-0.2, 0) is 4.79 Å². The summed E-state index contributed by atoms with van der Waals surface area (Å²) >= 11 is 12.1. The number of hydrogen-bond donors (Lipinski definition) is 1. The fraction of sp³-hybridized carbons (Fsp3) is 0.238. The van der Waals surface area contributed by atoms with Gasteiger partial charge in [0, 0.05) is 25.1 Å². The minimum absolute atomic E-state index is 0.00192. The average molecular weight is 447 g/mol. The smallest absolute Gasteiger partial charge is 0.225 e. The Balaban J connectivity index is 1.72. The average Bonchev–Trinajstić information content (AvgIpc) is 3.05. The Morgan fingerprint density at radius 1 is 1.13 bits per heavy atom. The molecule has 156 valence electrons. The molecule has 3 aromatic rings. The largest absolute Gasteiger partial charge is 0.496 e. The number of anilines is 1. The van der Waals surface area contributed by atoms with Crippen molar-refractivity contribution in [3.05, 3.63) is 63.4 Å². The first-order valence-corrected chi connectivity index (χ1v) is 9.90. The predicted molar refractivity (Wildman–Crippen MR) is 116 cm³/mol. The second-order valence-corrected chi connectivity index (χ2v) is 7.56. The number of carbonyl (C=O) groups is 2. The summed E-state index contributed by atoms with van der Waals surface area (Å²) in [7, 11) is 1.51. The summed E-state index contributed by atoms with van der Waals surface area (Å²) in [6.45, 7) is 3.67. The van der Waals surface area contributed by atoms with Crippen LogP contribution in [0.1, 0.15) is 34.5 Å². The number of benzene rings is 1. The molecule has 30 heavy (non-hydrogen) atoms. The van der Waals surface area contributed by atoms with E-state index in [1.54, 1.807) is 31.2 Å². The number of Topliss-reactive ketones (excluding diaryl/α,β-unsaturated/α-hetero) is 1. The zero-order valence-corrected chi connectivity index (χ0v) is 18.2. The number of nitrogens with zero attached hydrogens (tertiary/aromatic N) is 3. The number of nitrogens with one attached hydrogen (secondary N) is 1. The van der Waals surface area contributed by atoms with Crippen LogP contribution in [0.5, 0.6) is 5.75 Å². The lowest BCUT2D eigenvalue weighted by Gasteiger charge is -2.10. The van der Waals surface area contributed by atoms with E-state index < -0.39 is 0 Å². The Labute approximate surface area is 184 Å². The molecule has 0 aliphatic rings. The second-order valence-electron chi connectivity index (χ2n) is 6.72. The first-order valence-electron chi connectivity index (χ1n) is 9.14. The van der Waals surface area contributed by atoms with Gasteiger partial charge in [-0.25, -0.2) is 4.98 Å². The Hall–Kier alpha value is -2.90. The summed E-state index contributed by atoms with van der Waals surface area (Å²) in [5.41, 5.74) is 2.07. The minimum atomic E-state index is -0.332. The van der Waals surface area contributed by atoms with Gasteiger partial charge in [0.05, 0.1) is 28.4 Å². The number of methoxy groups -OCH3 is 1. The molecule has 0 bridgehead atoms. The van der Waals surface area contributed by atoms with E-state index in [1.807, 2.05) is 13.0 Å². The molecule has 0 saturated carbocycles. The molecular weight excluding hydrogens is 427 g/mol. The second kappa shape index (κ2) is 9.28. The highest BCUT2D eigenvalue weighted by Gasteiger charge is 2.17. The predicted octanol–water partition coefficient (Wildman–Crippen LogP) is 4.80. The molecular formula is C21H20Cl2N4O3. The summed E-state index contributed by atoms with van der Waals surface area (Å²) < 4.78 is 6.68. The summed E-state index contributed by atoms with van der Waals surface area (Å²) in [5, 5.41) is 7.78. The molecule has 9 heteroatoms. The van der Waals surface area contributed by atoms with Crippen molar-refractivity contribution in [2.75, 3.05) is 12.4 Å². The van der Waals surface area contributed by atoms with Crippen LogP contribution in [0.25, 0.3) is 5.82 Å². The van der Waals surface area contributed by atoms with E-state index in [0.29, 0.717) is 38.7 Å². The maximum absolute atomic E-state index is 12.6. The SMILES string of the molecule is COc1ccc(C)cc1C(=O)CCC(=O)Nc1cc(C)nn1-c1ncc(Cl)cc1Cl. The monoisotopic (exact) mass is 446 g/mol. The van der Waals surface area contributed by atoms with Crippen LogP contribution in [0.2, 0.25) is 10.0 Å². The molecule has 0 saturated heterocycles. The molecule has 1 N–H and O–H groups in total. The molecule has 0 radical (unpaired) electrons. The highest BCUT2D eigenvalue weighted by Crippen LogP contribution is 2.25. The molecule has 1 aromatic carbocycles. The van der Waals surface area contributed by atoms with Crippen molar-refractivity contribution >= 4 is 40.7 Å². The number of hydrogen-bond acceptors (Lipinski definition) is 5. The van der Waals surface area contributed by atoms with Crippen LogP contribution >= 0.6 is 23.2 Å². The fourth-order valence-electron chi connectivity index (χ4n) is 2.92. The van der Waals surface area contributed by atoms with Crippen molar-refractivity contribution < 1.29 is 14.3 Å². The Morgan fingerprint density at radius 2 is 1.90 bits per heavy atom. The van der Waals surface area contributed by atoms with E-state index in [9.17, 15) is 9.59 Å². The molecule has 0 fully saturated rings. The van der Waals surface area contributed by atoms with Crippen LogP contribution in [0.4, 0.5) is 5.82 Å². The van der Waals surface area contributed by atoms with Gasteiger partial charge >= 0.3 is 0 Å². The maximum atomic E-state index is 12.6. The molecule has 2 heterocycles. The van der Waals surface area contributed by atoms with Crippen LogP contribution < -0.4 is 10.1 Å². The van der Waals surface area contributed by atoms with Crippen LogP contribution in [-0.4, -0.2) is 33.6 Å². The van der Waals surface area contributed by atoms with Gasteiger partial charge < -0.3 is 10.1 Å². The highest BCUT2D eigenvalue weighted by atomic mass is 35.5. The van der Waals surface area contributed by atoms with Gasteiger partial charge in [0.1, 0.15) is 11.6 Å². The van der Waals surface area contributed by atoms with Gasteiger partial charge in [0.2, 0.25) is 5.91 Å². The molecule has 7 nitrogen and oxygen atoms in total. The Kier molecular flexibility index (Phi) is 6.74. The van der Waals surface area contributed by atoms with Crippen molar-refractivity contribution in [1.82, 2.24) is 14.8 Å². The van der Waals surface area contributed by atoms with E-state index in [-0.39, 0.29) is 24.5 Å². The first-order chi connectivity index (χ1) is 14.3. The van der Waals surface area contributed by atoms with Crippen molar-refractivity contribution in [3.8, 4) is 11.6 Å². The molecule has 0 spiro atoms. The zero-order valence-electron chi connectivity index (χ0n) is 16.7. The molecule has 0 unspecified atom stereocenters. The third-order valence-electron chi connectivity index (χ3n) is 4.32. The van der Waals surface area contributed by atoms with Gasteiger partial charge in [-0.2, -0.15) is 9.78 Å². The number of ether oxygens (including phenoxy) is 1. The highest BCUT2D eigenvalue weighted by molar-refractivity contribution is 6.35. The molecule has 3 rings (SSSR count). The number of halogens is 2. The van der Waals surface area contributed by atoms with Crippen molar-refractivity contribution in [1.29, 1.82) is 0 Å². The van der Waals surface area contributed by atoms with E-state index in [4.69, 9.17) is 27.9 Å². The standard InChI is InChI=1S/C21H20Cl2N4O3/c1-12-4-6-18(30-3)15(8-12)17(28)5-7-20(29)25-19-9-13(2)26-27(19)21-16(23)10-14(22)11-24-21/h4,6,8-11H,5,7H2,1-3H3,(H,25,29). The molecule has 1 amide bonds. The molecule has 0 atom stereocenters. The number of aromatic nitrogens is 3. The van der Waals surface area contributed by atoms with E-state index in [1.165, 1.54) is 18.0 Å². The Bertz CT molecular complexity index is 1110. The van der Waals surface area contributed by atoms with Gasteiger partial charge in [0.25, 0.3) is 0 Å². The maximum Gasteiger partial charge on any atom is 0.225 e. The van der Waals surface area contributed by atoms with Gasteiger partial charge in [-0.3, -0.25) is 9.59 Å². The van der Waals surface area contributed by atoms with Crippen LogP contribution in [0.3, 0.4) is 0 Å². The third kappa shape index (κ3) is 4.98. The Morgan fingerprint density at radius 3 is 2.60 bits per heavy atom. The minimum Gasteiger partial charge on any atom is -0.496 e. The van der Waals surface area contributed by atoms with E-state index in [2.05, 4.69) is 15.4 Å². The number of pyridine rings is 1. The number of amides is 1. The van der Waals surface area contributed by atoms with Crippen molar-refractivity contribution in [3.63, 3.8) is 0 Å². The summed E-state index contributed by atoms with van der Waals surface area (Å²) in [4.78, 5) is 29.3. The van der Waals surface area contributed by atoms with Gasteiger partial charge in [0.15, 0.2) is 11.6 Å². The van der Waals surface area contributed by atoms with Crippen LogP contribution in [0, 0.1) is 13.8 Å². The third-order valence-corrected chi connectivity index (χ3v) is 4.81. The van der Waals surface area contributed by atoms with E-state index >= 15 is 0 Å².